The van der Waals surface area contributed by atoms with Gasteiger partial charge in [-0.2, -0.15) is 8.42 Å². The third-order valence-electron chi connectivity index (χ3n) is 3.51. The molecule has 0 aliphatic carbocycles. The number of ether oxygens (including phenoxy) is 1. The fourth-order valence-corrected chi connectivity index (χ4v) is 2.31. The minimum Gasteiger partial charge on any atom is -0.478 e. The number of nitrogens with one attached hydrogen (secondary N) is 2. The maximum atomic E-state index is 12.3. The third kappa shape index (κ3) is 8.12. The van der Waals surface area contributed by atoms with E-state index in [0.29, 0.717) is 11.9 Å². The van der Waals surface area contributed by atoms with Gasteiger partial charge in [0.1, 0.15) is 5.75 Å². The van der Waals surface area contributed by atoms with Crippen molar-refractivity contribution in [3.05, 3.63) is 58.7 Å². The van der Waals surface area contributed by atoms with E-state index in [-0.39, 0.29) is 34.0 Å². The molecule has 0 saturated carbocycles. The second-order valence-electron chi connectivity index (χ2n) is 6.02. The van der Waals surface area contributed by atoms with Gasteiger partial charge in [0.2, 0.25) is 0 Å². The molecule has 0 spiro atoms. The fraction of sp³-hybridized carbons (Fsp3) is 0.111. The molecule has 8 N–H and O–H groups in total. The van der Waals surface area contributed by atoms with E-state index >= 15 is 0 Å². The highest BCUT2D eigenvalue weighted by Crippen LogP contribution is 2.26. The molecular formula is C18H20N4O8S. The van der Waals surface area contributed by atoms with Gasteiger partial charge in [0, 0.05) is 5.69 Å². The Kier molecular flexibility index (Phi) is 8.23. The summed E-state index contributed by atoms with van der Waals surface area (Å²) in [6, 6.07) is 8.36. The Hall–Kier alpha value is -3.97. The Morgan fingerprint density at radius 1 is 1.06 bits per heavy atom. The van der Waals surface area contributed by atoms with E-state index in [1.807, 2.05) is 0 Å². The van der Waals surface area contributed by atoms with Crippen molar-refractivity contribution in [3.63, 3.8) is 0 Å². The van der Waals surface area contributed by atoms with E-state index in [0.717, 1.165) is 0 Å². The van der Waals surface area contributed by atoms with Gasteiger partial charge >= 0.3 is 11.9 Å². The molecule has 1 amide bonds. The number of hydrogen-bond donors (Lipinski definition) is 6. The summed E-state index contributed by atoms with van der Waals surface area (Å²) in [4.78, 5) is 35.1. The van der Waals surface area contributed by atoms with Crippen LogP contribution in [-0.4, -0.2) is 48.1 Å². The average molecular weight is 452 g/mol. The van der Waals surface area contributed by atoms with Crippen molar-refractivity contribution in [2.45, 2.75) is 6.92 Å². The zero-order valence-electron chi connectivity index (χ0n) is 16.4. The predicted molar refractivity (Wildman–Crippen MR) is 111 cm³/mol. The Labute approximate surface area is 177 Å². The molecule has 2 rings (SSSR count). The van der Waals surface area contributed by atoms with Gasteiger partial charge in [0.25, 0.3) is 16.0 Å². The van der Waals surface area contributed by atoms with Gasteiger partial charge in [0.05, 0.1) is 22.9 Å². The van der Waals surface area contributed by atoms with Gasteiger partial charge in [-0.3, -0.25) is 14.8 Å². The summed E-state index contributed by atoms with van der Waals surface area (Å²) in [6.45, 7) is 1.41. The largest absolute Gasteiger partial charge is 0.478 e. The second kappa shape index (κ2) is 10.2. The molecule has 0 fully saturated rings. The summed E-state index contributed by atoms with van der Waals surface area (Å²) < 4.78 is 31.1. The van der Waals surface area contributed by atoms with E-state index in [1.165, 1.54) is 43.3 Å². The molecule has 2 aromatic carbocycles. The molecule has 0 aliphatic rings. The van der Waals surface area contributed by atoms with Crippen molar-refractivity contribution in [1.29, 1.82) is 5.41 Å². The van der Waals surface area contributed by atoms with Crippen molar-refractivity contribution in [2.75, 3.05) is 11.6 Å². The average Bonchev–Trinajstić information content (AvgIpc) is 2.59. The van der Waals surface area contributed by atoms with Crippen LogP contribution in [0.1, 0.15) is 36.6 Å². The Morgan fingerprint density at radius 3 is 2.00 bits per heavy atom. The first-order chi connectivity index (χ1) is 14.2. The number of esters is 1. The van der Waals surface area contributed by atoms with Crippen molar-refractivity contribution in [2.24, 2.45) is 11.5 Å². The molecular weight excluding hydrogens is 432 g/mol. The Bertz CT molecular complexity index is 1120. The first kappa shape index (κ1) is 25.1. The Balaban J connectivity index is 0.000000861. The molecule has 0 bridgehead atoms. The summed E-state index contributed by atoms with van der Waals surface area (Å²) in [5.41, 5.74) is 11.0. The van der Waals surface area contributed by atoms with Crippen LogP contribution in [0.3, 0.4) is 0 Å². The number of primary amides is 1. The predicted octanol–water partition coefficient (Wildman–Crippen LogP) is 0.821. The number of carboxylic acids is 1. The maximum Gasteiger partial charge on any atom is 0.343 e. The number of nitrogens with two attached hydrogens (primary N) is 2. The molecule has 0 heterocycles. The van der Waals surface area contributed by atoms with E-state index in [2.05, 4.69) is 5.32 Å². The van der Waals surface area contributed by atoms with E-state index in [9.17, 15) is 22.8 Å². The smallest absolute Gasteiger partial charge is 0.343 e. The molecule has 13 heteroatoms. The van der Waals surface area contributed by atoms with Crippen LogP contribution in [0.5, 0.6) is 5.75 Å². The number of aromatic carboxylic acids is 1. The van der Waals surface area contributed by atoms with Crippen molar-refractivity contribution >= 4 is 39.6 Å². The van der Waals surface area contributed by atoms with Gasteiger partial charge in [-0.05, 0) is 48.9 Å². The maximum absolute atomic E-state index is 12.3. The highest BCUT2D eigenvalue weighted by atomic mass is 32.2. The van der Waals surface area contributed by atoms with Crippen LogP contribution in [0.2, 0.25) is 0 Å². The van der Waals surface area contributed by atoms with Crippen LogP contribution in [0.25, 0.3) is 0 Å². The standard InChI is InChI=1S/C17H16N4O5.CH4O3S/c1-8-11(15(23)24)6-7-12(13(8)14(18)22)26-16(25)9-2-4-10(5-3-9)21-17(19)20;1-5(2,3)4/h2-7H,1H3,(H2,18,22)(H,23,24)(H4,19,20,21);1H3,(H,2,3,4). The normalized spacial score (nSPS) is 10.3. The zero-order valence-corrected chi connectivity index (χ0v) is 17.2. The number of carbonyl (C=O) groups excluding carboxylic acids is 2. The van der Waals surface area contributed by atoms with Gasteiger partial charge in [0.15, 0.2) is 5.96 Å². The van der Waals surface area contributed by atoms with Crippen LogP contribution in [-0.2, 0) is 10.1 Å². The molecule has 2 aromatic rings. The number of anilines is 1. The van der Waals surface area contributed by atoms with Crippen molar-refractivity contribution in [3.8, 4) is 5.75 Å². The second-order valence-corrected chi connectivity index (χ2v) is 7.49. The van der Waals surface area contributed by atoms with Crippen molar-refractivity contribution < 1.29 is 37.2 Å². The molecule has 12 nitrogen and oxygen atoms in total. The highest BCUT2D eigenvalue weighted by molar-refractivity contribution is 7.85. The third-order valence-corrected chi connectivity index (χ3v) is 3.51. The lowest BCUT2D eigenvalue weighted by molar-refractivity contribution is 0.0695. The van der Waals surface area contributed by atoms with Gasteiger partial charge in [-0.25, -0.2) is 9.59 Å². The number of carbonyl (C=O) groups is 3. The van der Waals surface area contributed by atoms with Crippen LogP contribution in [0.4, 0.5) is 5.69 Å². The molecule has 0 aromatic heterocycles. The highest BCUT2D eigenvalue weighted by Gasteiger charge is 2.21. The first-order valence-electron chi connectivity index (χ1n) is 8.23. The molecule has 0 atom stereocenters. The monoisotopic (exact) mass is 452 g/mol. The summed E-state index contributed by atoms with van der Waals surface area (Å²) in [7, 11) is -3.67. The number of amides is 1. The summed E-state index contributed by atoms with van der Waals surface area (Å²) in [5, 5.41) is 18.8. The van der Waals surface area contributed by atoms with Gasteiger partial charge in [-0.15, -0.1) is 0 Å². The van der Waals surface area contributed by atoms with Gasteiger partial charge in [-0.1, -0.05) is 0 Å². The van der Waals surface area contributed by atoms with Crippen molar-refractivity contribution in [1.82, 2.24) is 0 Å². The SMILES string of the molecule is CS(=O)(=O)O.Cc1c(C(=O)O)ccc(OC(=O)c2ccc(NC(=N)N)cc2)c1C(N)=O. The van der Waals surface area contributed by atoms with E-state index < -0.39 is 28.0 Å². The van der Waals surface area contributed by atoms with Crippen LogP contribution in [0.15, 0.2) is 36.4 Å². The van der Waals surface area contributed by atoms with Crippen LogP contribution < -0.4 is 21.5 Å². The zero-order chi connectivity index (χ0) is 23.9. The molecule has 0 unspecified atom stereocenters. The summed E-state index contributed by atoms with van der Waals surface area (Å²) >= 11 is 0. The molecule has 0 aliphatic heterocycles. The van der Waals surface area contributed by atoms with E-state index in [4.69, 9.17) is 31.3 Å². The molecule has 0 saturated heterocycles. The summed E-state index contributed by atoms with van der Waals surface area (Å²) in [5.74, 6) is -3.27. The van der Waals surface area contributed by atoms with Gasteiger partial charge < -0.3 is 26.6 Å². The lowest BCUT2D eigenvalue weighted by Gasteiger charge is -2.12. The number of benzene rings is 2. The number of rotatable bonds is 5. The fourth-order valence-electron chi connectivity index (χ4n) is 2.31. The molecule has 0 radical (unpaired) electrons. The quantitative estimate of drug-likeness (QED) is 0.123. The first-order valence-corrected chi connectivity index (χ1v) is 10.1. The minimum absolute atomic E-state index is 0.108. The van der Waals surface area contributed by atoms with E-state index in [1.54, 1.807) is 0 Å². The number of carboxylic acid groups (broad SMARTS) is 1. The molecule has 166 valence electrons. The topological polar surface area (TPSA) is 223 Å². The van der Waals surface area contributed by atoms with Crippen LogP contribution in [0, 0.1) is 12.3 Å². The van der Waals surface area contributed by atoms with Crippen LogP contribution >= 0.6 is 0 Å². The summed E-state index contributed by atoms with van der Waals surface area (Å²) in [6.07, 6.45) is 0.715. The Morgan fingerprint density at radius 2 is 1.58 bits per heavy atom. The lowest BCUT2D eigenvalue weighted by atomic mass is 10.0. The molecule has 31 heavy (non-hydrogen) atoms. The lowest BCUT2D eigenvalue weighted by Crippen LogP contribution is -2.20. The number of hydrogen-bond acceptors (Lipinski definition) is 7. The minimum atomic E-state index is -3.67. The number of guanidine groups is 1.